The Morgan fingerprint density at radius 1 is 1.12 bits per heavy atom. The van der Waals surface area contributed by atoms with E-state index in [1.54, 1.807) is 6.20 Å². The van der Waals surface area contributed by atoms with Crippen LogP contribution in [0.4, 0.5) is 0 Å². The standard InChI is InChI=1S/C20H26N2O2/c1-15(2)19(17-8-4-3-5-9-17)20(24)22-13-16(14-23)12-18-10-6-7-11-21-18/h3-11,15-16,19,23H,12-14H2,1-2H3,(H,22,24). The van der Waals surface area contributed by atoms with E-state index in [1.807, 2.05) is 48.5 Å². The van der Waals surface area contributed by atoms with E-state index in [0.29, 0.717) is 13.0 Å². The topological polar surface area (TPSA) is 62.2 Å². The Kier molecular flexibility index (Phi) is 6.94. The molecular formula is C20H26N2O2. The average molecular weight is 326 g/mol. The molecule has 4 heteroatoms. The number of pyridine rings is 1. The van der Waals surface area contributed by atoms with Crippen molar-refractivity contribution in [2.75, 3.05) is 13.2 Å². The maximum absolute atomic E-state index is 12.6. The number of carbonyl (C=O) groups is 1. The third kappa shape index (κ3) is 5.17. The van der Waals surface area contributed by atoms with E-state index in [9.17, 15) is 9.90 Å². The van der Waals surface area contributed by atoms with Crippen LogP contribution in [0.25, 0.3) is 0 Å². The van der Waals surface area contributed by atoms with Gasteiger partial charge in [0.05, 0.1) is 5.92 Å². The van der Waals surface area contributed by atoms with Crippen molar-refractivity contribution in [1.82, 2.24) is 10.3 Å². The highest BCUT2D eigenvalue weighted by molar-refractivity contribution is 5.83. The van der Waals surface area contributed by atoms with E-state index in [2.05, 4.69) is 24.1 Å². The van der Waals surface area contributed by atoms with Crippen molar-refractivity contribution in [3.05, 3.63) is 66.0 Å². The number of aromatic nitrogens is 1. The molecule has 1 amide bonds. The van der Waals surface area contributed by atoms with Crippen LogP contribution >= 0.6 is 0 Å². The molecule has 0 fully saturated rings. The molecule has 0 aliphatic carbocycles. The zero-order valence-electron chi connectivity index (χ0n) is 14.4. The number of aliphatic hydroxyl groups excluding tert-OH is 1. The van der Waals surface area contributed by atoms with Gasteiger partial charge in [0, 0.05) is 31.0 Å². The molecular weight excluding hydrogens is 300 g/mol. The zero-order chi connectivity index (χ0) is 17.4. The van der Waals surface area contributed by atoms with E-state index >= 15 is 0 Å². The number of carbonyl (C=O) groups excluding carboxylic acids is 1. The molecule has 24 heavy (non-hydrogen) atoms. The Morgan fingerprint density at radius 2 is 1.83 bits per heavy atom. The quantitative estimate of drug-likeness (QED) is 0.784. The molecule has 0 saturated heterocycles. The lowest BCUT2D eigenvalue weighted by molar-refractivity contribution is -0.123. The third-order valence-corrected chi connectivity index (χ3v) is 4.15. The molecule has 2 N–H and O–H groups in total. The van der Waals surface area contributed by atoms with Gasteiger partial charge in [-0.05, 0) is 30.0 Å². The van der Waals surface area contributed by atoms with E-state index in [0.717, 1.165) is 11.3 Å². The minimum absolute atomic E-state index is 0.00988. The molecule has 128 valence electrons. The first-order chi connectivity index (χ1) is 11.6. The second-order valence-corrected chi connectivity index (χ2v) is 6.45. The monoisotopic (exact) mass is 326 g/mol. The van der Waals surface area contributed by atoms with Crippen molar-refractivity contribution in [3.8, 4) is 0 Å². The fourth-order valence-electron chi connectivity index (χ4n) is 2.87. The molecule has 1 aromatic carbocycles. The van der Waals surface area contributed by atoms with Crippen LogP contribution in [-0.2, 0) is 11.2 Å². The molecule has 2 atom stereocenters. The van der Waals surface area contributed by atoms with Gasteiger partial charge in [0.25, 0.3) is 0 Å². The van der Waals surface area contributed by atoms with Crippen LogP contribution < -0.4 is 5.32 Å². The van der Waals surface area contributed by atoms with Gasteiger partial charge in [-0.25, -0.2) is 0 Å². The van der Waals surface area contributed by atoms with E-state index in [1.165, 1.54) is 0 Å². The largest absolute Gasteiger partial charge is 0.396 e. The minimum Gasteiger partial charge on any atom is -0.396 e. The van der Waals surface area contributed by atoms with Crippen molar-refractivity contribution < 1.29 is 9.90 Å². The fourth-order valence-corrected chi connectivity index (χ4v) is 2.87. The normalized spacial score (nSPS) is 13.5. The van der Waals surface area contributed by atoms with Gasteiger partial charge in [-0.3, -0.25) is 9.78 Å². The highest BCUT2D eigenvalue weighted by atomic mass is 16.3. The van der Waals surface area contributed by atoms with Crippen LogP contribution in [0.2, 0.25) is 0 Å². The molecule has 0 bridgehead atoms. The predicted molar refractivity (Wildman–Crippen MR) is 95.5 cm³/mol. The molecule has 0 spiro atoms. The first-order valence-corrected chi connectivity index (χ1v) is 8.45. The van der Waals surface area contributed by atoms with Gasteiger partial charge in [-0.1, -0.05) is 50.2 Å². The summed E-state index contributed by atoms with van der Waals surface area (Å²) < 4.78 is 0. The molecule has 2 rings (SSSR count). The van der Waals surface area contributed by atoms with E-state index in [4.69, 9.17) is 0 Å². The molecule has 1 heterocycles. The number of benzene rings is 1. The summed E-state index contributed by atoms with van der Waals surface area (Å²) in [6.45, 7) is 4.57. The number of aliphatic hydroxyl groups is 1. The first-order valence-electron chi connectivity index (χ1n) is 8.45. The Labute approximate surface area is 143 Å². The second kappa shape index (κ2) is 9.18. The highest BCUT2D eigenvalue weighted by Crippen LogP contribution is 2.24. The maximum atomic E-state index is 12.6. The third-order valence-electron chi connectivity index (χ3n) is 4.15. The van der Waals surface area contributed by atoms with E-state index in [-0.39, 0.29) is 30.3 Å². The summed E-state index contributed by atoms with van der Waals surface area (Å²) in [5.41, 5.74) is 1.95. The molecule has 4 nitrogen and oxygen atoms in total. The Hall–Kier alpha value is -2.20. The van der Waals surface area contributed by atoms with Gasteiger partial charge in [-0.2, -0.15) is 0 Å². The zero-order valence-corrected chi connectivity index (χ0v) is 14.4. The number of rotatable bonds is 8. The Bertz CT molecular complexity index is 614. The fraction of sp³-hybridized carbons (Fsp3) is 0.400. The van der Waals surface area contributed by atoms with Gasteiger partial charge < -0.3 is 10.4 Å². The smallest absolute Gasteiger partial charge is 0.227 e. The summed E-state index contributed by atoms with van der Waals surface area (Å²) in [6, 6.07) is 15.6. The molecule has 2 unspecified atom stereocenters. The van der Waals surface area contributed by atoms with Gasteiger partial charge in [0.2, 0.25) is 5.91 Å². The van der Waals surface area contributed by atoms with Crippen LogP contribution in [-0.4, -0.2) is 29.1 Å². The number of amides is 1. The van der Waals surface area contributed by atoms with Crippen molar-refractivity contribution >= 4 is 5.91 Å². The lowest BCUT2D eigenvalue weighted by Crippen LogP contribution is -2.36. The summed E-state index contributed by atoms with van der Waals surface area (Å²) in [4.78, 5) is 16.9. The molecule has 0 radical (unpaired) electrons. The van der Waals surface area contributed by atoms with Crippen LogP contribution in [0.1, 0.15) is 31.0 Å². The van der Waals surface area contributed by atoms with Crippen LogP contribution in [0.15, 0.2) is 54.7 Å². The van der Waals surface area contributed by atoms with Gasteiger partial charge >= 0.3 is 0 Å². The summed E-state index contributed by atoms with van der Waals surface area (Å²) in [6.07, 6.45) is 2.39. The molecule has 1 aromatic heterocycles. The molecule has 0 saturated carbocycles. The summed E-state index contributed by atoms with van der Waals surface area (Å²) in [5, 5.41) is 12.6. The average Bonchev–Trinajstić information content (AvgIpc) is 2.60. The Balaban J connectivity index is 1.96. The van der Waals surface area contributed by atoms with Gasteiger partial charge in [0.1, 0.15) is 0 Å². The lowest BCUT2D eigenvalue weighted by atomic mass is 9.87. The van der Waals surface area contributed by atoms with Gasteiger partial charge in [0.15, 0.2) is 0 Å². The van der Waals surface area contributed by atoms with Crippen LogP contribution in [0.3, 0.4) is 0 Å². The predicted octanol–water partition coefficient (Wildman–Crippen LogP) is 2.79. The summed E-state index contributed by atoms with van der Waals surface area (Å²) >= 11 is 0. The van der Waals surface area contributed by atoms with Crippen molar-refractivity contribution in [3.63, 3.8) is 0 Å². The van der Waals surface area contributed by atoms with Crippen LogP contribution in [0, 0.1) is 11.8 Å². The molecule has 2 aromatic rings. The SMILES string of the molecule is CC(C)C(C(=O)NCC(CO)Cc1ccccn1)c1ccccc1. The number of hydrogen-bond donors (Lipinski definition) is 2. The Morgan fingerprint density at radius 3 is 2.42 bits per heavy atom. The lowest BCUT2D eigenvalue weighted by Gasteiger charge is -2.22. The van der Waals surface area contributed by atoms with Crippen molar-refractivity contribution in [1.29, 1.82) is 0 Å². The second-order valence-electron chi connectivity index (χ2n) is 6.45. The summed E-state index contributed by atoms with van der Waals surface area (Å²) in [5.74, 6) is -0.000679. The highest BCUT2D eigenvalue weighted by Gasteiger charge is 2.24. The maximum Gasteiger partial charge on any atom is 0.227 e. The van der Waals surface area contributed by atoms with Gasteiger partial charge in [-0.15, -0.1) is 0 Å². The summed E-state index contributed by atoms with van der Waals surface area (Å²) in [7, 11) is 0. The number of nitrogens with one attached hydrogen (secondary N) is 1. The molecule has 0 aliphatic heterocycles. The molecule has 0 aliphatic rings. The van der Waals surface area contributed by atoms with E-state index < -0.39 is 0 Å². The minimum atomic E-state index is -0.180. The van der Waals surface area contributed by atoms with Crippen molar-refractivity contribution in [2.45, 2.75) is 26.2 Å². The number of nitrogens with zero attached hydrogens (tertiary/aromatic N) is 1. The first kappa shape index (κ1) is 18.1. The van der Waals surface area contributed by atoms with Crippen LogP contribution in [0.5, 0.6) is 0 Å². The number of hydrogen-bond acceptors (Lipinski definition) is 3. The van der Waals surface area contributed by atoms with Crippen molar-refractivity contribution in [2.24, 2.45) is 11.8 Å².